The van der Waals surface area contributed by atoms with Gasteiger partial charge in [0, 0.05) is 18.4 Å². The molecule has 5 nitrogen and oxygen atoms in total. The van der Waals surface area contributed by atoms with E-state index in [2.05, 4.69) is 34.0 Å². The SMILES string of the molecule is OC1COC=CN1CCC1CCCc2c1cnn2-c1ccccc1. The van der Waals surface area contributed by atoms with Crippen LogP contribution in [0.4, 0.5) is 0 Å². The van der Waals surface area contributed by atoms with Gasteiger partial charge >= 0.3 is 0 Å². The van der Waals surface area contributed by atoms with Gasteiger partial charge in [-0.25, -0.2) is 4.68 Å². The van der Waals surface area contributed by atoms with Crippen molar-refractivity contribution in [2.24, 2.45) is 0 Å². The summed E-state index contributed by atoms with van der Waals surface area (Å²) in [7, 11) is 0. The Hall–Kier alpha value is -2.27. The molecule has 1 aliphatic heterocycles. The molecule has 0 radical (unpaired) electrons. The number of para-hydroxylation sites is 1. The van der Waals surface area contributed by atoms with Gasteiger partial charge in [-0.05, 0) is 49.3 Å². The van der Waals surface area contributed by atoms with Crippen molar-refractivity contribution in [2.45, 2.75) is 37.8 Å². The highest BCUT2D eigenvalue weighted by molar-refractivity contribution is 5.37. The third-order valence-corrected chi connectivity index (χ3v) is 5.02. The number of aliphatic hydroxyl groups is 1. The smallest absolute Gasteiger partial charge is 0.161 e. The van der Waals surface area contributed by atoms with Crippen molar-refractivity contribution < 1.29 is 9.84 Å². The average Bonchev–Trinajstić information content (AvgIpc) is 3.06. The Morgan fingerprint density at radius 1 is 1.25 bits per heavy atom. The number of fused-ring (bicyclic) bond motifs is 1. The standard InChI is InChI=1S/C19H23N3O2/c23-19-14-24-12-11-21(19)10-9-15-5-4-8-18-17(15)13-20-22(18)16-6-2-1-3-7-16/h1-3,6-7,11-13,15,19,23H,4-5,8-10,14H2. The number of rotatable bonds is 4. The van der Waals surface area contributed by atoms with Crippen LogP contribution < -0.4 is 0 Å². The quantitative estimate of drug-likeness (QED) is 0.939. The molecule has 1 aromatic heterocycles. The van der Waals surface area contributed by atoms with Crippen LogP contribution in [-0.2, 0) is 11.2 Å². The van der Waals surface area contributed by atoms with Crippen LogP contribution in [-0.4, -0.2) is 39.2 Å². The first kappa shape index (κ1) is 15.3. The lowest BCUT2D eigenvalue weighted by atomic mass is 9.84. The minimum atomic E-state index is -0.537. The van der Waals surface area contributed by atoms with Crippen LogP contribution in [0.15, 0.2) is 49.0 Å². The van der Waals surface area contributed by atoms with E-state index >= 15 is 0 Å². The third-order valence-electron chi connectivity index (χ3n) is 5.02. The lowest BCUT2D eigenvalue weighted by Gasteiger charge is -2.31. The molecule has 2 heterocycles. The maximum atomic E-state index is 9.98. The van der Waals surface area contributed by atoms with Crippen molar-refractivity contribution in [2.75, 3.05) is 13.2 Å². The molecule has 1 aromatic carbocycles. The molecule has 0 amide bonds. The number of benzene rings is 1. The molecule has 2 atom stereocenters. The van der Waals surface area contributed by atoms with E-state index in [4.69, 9.17) is 4.74 Å². The van der Waals surface area contributed by atoms with Gasteiger partial charge in [0.15, 0.2) is 6.23 Å². The summed E-state index contributed by atoms with van der Waals surface area (Å²) in [6.45, 7) is 1.18. The highest BCUT2D eigenvalue weighted by Crippen LogP contribution is 2.35. The largest absolute Gasteiger partial charge is 0.495 e. The van der Waals surface area contributed by atoms with Crippen molar-refractivity contribution >= 4 is 0 Å². The van der Waals surface area contributed by atoms with E-state index in [1.54, 1.807) is 6.26 Å². The number of aromatic nitrogens is 2. The van der Waals surface area contributed by atoms with Crippen LogP contribution in [0, 0.1) is 0 Å². The van der Waals surface area contributed by atoms with Crippen molar-refractivity contribution in [3.8, 4) is 5.69 Å². The molecule has 0 spiro atoms. The Kier molecular flexibility index (Phi) is 4.26. The molecule has 2 unspecified atom stereocenters. The molecule has 1 aliphatic carbocycles. The Morgan fingerprint density at radius 2 is 2.12 bits per heavy atom. The maximum Gasteiger partial charge on any atom is 0.161 e. The van der Waals surface area contributed by atoms with Gasteiger partial charge in [0.05, 0.1) is 18.1 Å². The molecule has 0 saturated carbocycles. The van der Waals surface area contributed by atoms with Crippen LogP contribution in [0.3, 0.4) is 0 Å². The topological polar surface area (TPSA) is 50.5 Å². The first-order valence-electron chi connectivity index (χ1n) is 8.67. The summed E-state index contributed by atoms with van der Waals surface area (Å²) in [5, 5.41) is 14.6. The summed E-state index contributed by atoms with van der Waals surface area (Å²) in [6, 6.07) is 10.3. The third kappa shape index (κ3) is 2.91. The molecular weight excluding hydrogens is 302 g/mol. The second-order valence-corrected chi connectivity index (χ2v) is 6.51. The predicted molar refractivity (Wildman–Crippen MR) is 91.7 cm³/mol. The second kappa shape index (κ2) is 6.69. The molecule has 24 heavy (non-hydrogen) atoms. The molecule has 4 rings (SSSR count). The van der Waals surface area contributed by atoms with Crippen molar-refractivity contribution in [1.82, 2.24) is 14.7 Å². The lowest BCUT2D eigenvalue weighted by molar-refractivity contribution is -0.0328. The molecule has 126 valence electrons. The fourth-order valence-corrected chi connectivity index (χ4v) is 3.73. The average molecular weight is 325 g/mol. The zero-order valence-electron chi connectivity index (χ0n) is 13.7. The van der Waals surface area contributed by atoms with Crippen molar-refractivity contribution in [1.29, 1.82) is 0 Å². The fraction of sp³-hybridized carbons (Fsp3) is 0.421. The summed E-state index contributed by atoms with van der Waals surface area (Å²) in [6.07, 6.45) is 9.49. The fourth-order valence-electron chi connectivity index (χ4n) is 3.73. The zero-order valence-corrected chi connectivity index (χ0v) is 13.7. The maximum absolute atomic E-state index is 9.98. The van der Waals surface area contributed by atoms with Gasteiger partial charge in [-0.1, -0.05) is 18.2 Å². The van der Waals surface area contributed by atoms with Crippen LogP contribution in [0.25, 0.3) is 5.69 Å². The van der Waals surface area contributed by atoms with E-state index in [9.17, 15) is 5.11 Å². The molecule has 2 aliphatic rings. The number of hydrogen-bond donors (Lipinski definition) is 1. The van der Waals surface area contributed by atoms with Crippen LogP contribution in [0.2, 0.25) is 0 Å². The minimum absolute atomic E-state index is 0.346. The lowest BCUT2D eigenvalue weighted by Crippen LogP contribution is -2.37. The molecule has 2 aromatic rings. The van der Waals surface area contributed by atoms with Gasteiger partial charge < -0.3 is 14.7 Å². The predicted octanol–water partition coefficient (Wildman–Crippen LogP) is 2.80. The number of hydrogen-bond acceptors (Lipinski definition) is 4. The van der Waals surface area contributed by atoms with E-state index in [0.717, 1.165) is 25.1 Å². The van der Waals surface area contributed by atoms with Gasteiger partial charge in [0.1, 0.15) is 6.61 Å². The summed E-state index contributed by atoms with van der Waals surface area (Å²) in [5.74, 6) is 0.509. The first-order chi connectivity index (χ1) is 11.8. The first-order valence-corrected chi connectivity index (χ1v) is 8.67. The molecule has 5 heteroatoms. The zero-order chi connectivity index (χ0) is 16.4. The summed E-state index contributed by atoms with van der Waals surface area (Å²) in [4.78, 5) is 1.96. The molecule has 0 bridgehead atoms. The van der Waals surface area contributed by atoms with E-state index < -0.39 is 6.23 Å². The number of ether oxygens (including phenoxy) is 1. The Labute approximate surface area is 142 Å². The Balaban J connectivity index is 1.51. The summed E-state index contributed by atoms with van der Waals surface area (Å²) >= 11 is 0. The minimum Gasteiger partial charge on any atom is -0.495 e. The van der Waals surface area contributed by atoms with E-state index in [1.165, 1.54) is 24.1 Å². The monoisotopic (exact) mass is 325 g/mol. The van der Waals surface area contributed by atoms with E-state index in [1.807, 2.05) is 23.4 Å². The van der Waals surface area contributed by atoms with Crippen molar-refractivity contribution in [3.63, 3.8) is 0 Å². The van der Waals surface area contributed by atoms with Crippen molar-refractivity contribution in [3.05, 3.63) is 60.2 Å². The highest BCUT2D eigenvalue weighted by atomic mass is 16.5. The normalized spacial score (nSPS) is 23.0. The highest BCUT2D eigenvalue weighted by Gasteiger charge is 2.26. The Bertz CT molecular complexity index is 711. The van der Waals surface area contributed by atoms with E-state index in [-0.39, 0.29) is 0 Å². The van der Waals surface area contributed by atoms with Gasteiger partial charge in [0.2, 0.25) is 0 Å². The van der Waals surface area contributed by atoms with Gasteiger partial charge in [0.25, 0.3) is 0 Å². The number of aliphatic hydroxyl groups excluding tert-OH is 1. The summed E-state index contributed by atoms with van der Waals surface area (Å²) < 4.78 is 7.22. The molecular formula is C19H23N3O2. The van der Waals surface area contributed by atoms with E-state index in [0.29, 0.717) is 12.5 Å². The van der Waals surface area contributed by atoms with Crippen LogP contribution >= 0.6 is 0 Å². The van der Waals surface area contributed by atoms with Gasteiger partial charge in [-0.15, -0.1) is 0 Å². The van der Waals surface area contributed by atoms with Gasteiger partial charge in [-0.2, -0.15) is 5.10 Å². The Morgan fingerprint density at radius 3 is 2.96 bits per heavy atom. The summed E-state index contributed by atoms with van der Waals surface area (Å²) in [5.41, 5.74) is 3.85. The van der Waals surface area contributed by atoms with Crippen LogP contribution in [0.1, 0.15) is 36.4 Å². The second-order valence-electron chi connectivity index (χ2n) is 6.51. The molecule has 0 fully saturated rings. The number of nitrogens with zero attached hydrogens (tertiary/aromatic N) is 3. The molecule has 0 saturated heterocycles. The van der Waals surface area contributed by atoms with Crippen LogP contribution in [0.5, 0.6) is 0 Å². The van der Waals surface area contributed by atoms with Gasteiger partial charge in [-0.3, -0.25) is 0 Å². The molecule has 1 N–H and O–H groups in total.